The lowest BCUT2D eigenvalue weighted by molar-refractivity contribution is -0.138. The summed E-state index contributed by atoms with van der Waals surface area (Å²) in [6.07, 6.45) is 52.6. The maximum atomic E-state index is 11.9. The Morgan fingerprint density at radius 3 is 1.33 bits per heavy atom. The van der Waals surface area contributed by atoms with Crippen molar-refractivity contribution in [2.24, 2.45) is 41.4 Å². The van der Waals surface area contributed by atoms with Crippen molar-refractivity contribution in [1.29, 1.82) is 0 Å². The van der Waals surface area contributed by atoms with Crippen molar-refractivity contribution < 1.29 is 73.8 Å². The minimum absolute atomic E-state index is 0.109. The van der Waals surface area contributed by atoms with E-state index in [2.05, 4.69) is 59.9 Å². The van der Waals surface area contributed by atoms with Gasteiger partial charge in [0.2, 0.25) is 0 Å². The molecule has 6 aliphatic rings. The Labute approximate surface area is 681 Å². The number of nitrogen functional groups attached to an aromatic ring is 1. The van der Waals surface area contributed by atoms with Gasteiger partial charge in [-0.05, 0) is 135 Å². The number of aromatic hydroxyl groups is 1. The van der Waals surface area contributed by atoms with Gasteiger partial charge in [0.25, 0.3) is 0 Å². The van der Waals surface area contributed by atoms with Crippen molar-refractivity contribution >= 4 is 93.9 Å². The Morgan fingerprint density at radius 1 is 0.419 bits per heavy atom. The number of allylic oxidation sites excluding steroid dienone is 6. The number of nitrogens with one attached hydrogen (secondary N) is 3. The van der Waals surface area contributed by atoms with Gasteiger partial charge < -0.3 is 62.8 Å². The number of carboxylic acid groups (broad SMARTS) is 5. The van der Waals surface area contributed by atoms with Crippen LogP contribution in [-0.2, 0) is 77.0 Å². The van der Waals surface area contributed by atoms with Crippen LogP contribution < -0.4 is 17.2 Å². The van der Waals surface area contributed by atoms with E-state index in [-0.39, 0.29) is 54.6 Å². The number of ketones is 4. The first-order chi connectivity index (χ1) is 56.5. The minimum atomic E-state index is -0.795. The number of aliphatic imine (C=N–C) groups is 6. The van der Waals surface area contributed by atoms with Gasteiger partial charge in [0, 0.05) is 236 Å². The zero-order valence-electron chi connectivity index (χ0n) is 66.3. The number of nitrogens with zero attached hydrogens (tertiary/aromatic N) is 9. The van der Waals surface area contributed by atoms with Gasteiger partial charge in [-0.25, -0.2) is 15.0 Å². The Morgan fingerprint density at radius 2 is 0.880 bits per heavy atom. The quantitative estimate of drug-likeness (QED) is 0.00968. The van der Waals surface area contributed by atoms with Crippen molar-refractivity contribution in [3.8, 4) is 5.75 Å². The number of benzene rings is 3. The molecule has 3 aromatic heterocycles. The number of aliphatic carboxylic acids is 5. The second-order valence-electron chi connectivity index (χ2n) is 27.2. The van der Waals surface area contributed by atoms with Crippen molar-refractivity contribution in [3.05, 3.63) is 222 Å². The summed E-state index contributed by atoms with van der Waals surface area (Å²) in [6, 6.07) is 21.7. The van der Waals surface area contributed by atoms with Crippen molar-refractivity contribution in [2.45, 2.75) is 206 Å². The number of anilines is 1. The van der Waals surface area contributed by atoms with Crippen molar-refractivity contribution in [2.75, 3.05) is 12.3 Å². The Kier molecular flexibility index (Phi) is 49.5. The molecule has 6 aromatic rings. The van der Waals surface area contributed by atoms with Crippen molar-refractivity contribution in [1.82, 2.24) is 29.9 Å². The zero-order chi connectivity index (χ0) is 84.9. The van der Waals surface area contributed by atoms with Gasteiger partial charge >= 0.3 is 29.8 Å². The molecule has 0 saturated heterocycles. The molecule has 624 valence electrons. The lowest BCUT2D eigenvalue weighted by Gasteiger charge is -2.03. The van der Waals surface area contributed by atoms with Crippen LogP contribution >= 0.6 is 0 Å². The van der Waals surface area contributed by atoms with Crippen LogP contribution in [-0.4, -0.2) is 155 Å². The van der Waals surface area contributed by atoms with Crippen LogP contribution in [0.1, 0.15) is 211 Å². The summed E-state index contributed by atoms with van der Waals surface area (Å²) in [5.74, 6) is -2.08. The Bertz CT molecular complexity index is 4290. The molecule has 0 aliphatic carbocycles. The molecular weight excluding hydrogens is 1500 g/mol. The fraction of sp³-hybridized carbons (Fsp3) is 0.379. The maximum absolute atomic E-state index is 11.9. The number of imidazole rings is 3. The predicted octanol–water partition coefficient (Wildman–Crippen LogP) is 13.9. The lowest BCUT2D eigenvalue weighted by atomic mass is 10.0. The smallest absolute Gasteiger partial charge is 0.303 e. The van der Waals surface area contributed by atoms with E-state index in [0.717, 1.165) is 165 Å². The minimum Gasteiger partial charge on any atom is -0.508 e. The normalized spacial score (nSPS) is 13.0. The molecule has 9 heterocycles. The number of phenolic OH excluding ortho intramolecular Hbond substituents is 1. The maximum Gasteiger partial charge on any atom is 0.303 e. The molecule has 30 nitrogen and oxygen atoms in total. The number of unbranched alkanes of at least 4 members (excludes halogenated alkanes) is 4. The number of phenols is 1. The van der Waals surface area contributed by atoms with Crippen LogP contribution in [0.2, 0.25) is 0 Å². The second-order valence-corrected chi connectivity index (χ2v) is 27.2. The van der Waals surface area contributed by atoms with E-state index in [4.69, 9.17) is 42.7 Å². The zero-order valence-corrected chi connectivity index (χ0v) is 66.3. The van der Waals surface area contributed by atoms with Gasteiger partial charge in [-0.1, -0.05) is 73.2 Å². The third-order valence-corrected chi connectivity index (χ3v) is 17.1. The number of aromatic amines is 3. The van der Waals surface area contributed by atoms with Gasteiger partial charge in [0.1, 0.15) is 28.9 Å². The van der Waals surface area contributed by atoms with Crippen LogP contribution in [0.25, 0.3) is 0 Å². The average Bonchev–Trinajstić information content (AvgIpc) is 1.66. The third-order valence-electron chi connectivity index (χ3n) is 17.1. The van der Waals surface area contributed by atoms with Gasteiger partial charge in [-0.3, -0.25) is 73.1 Å². The molecule has 0 spiro atoms. The molecule has 12 rings (SSSR count). The summed E-state index contributed by atoms with van der Waals surface area (Å²) >= 11 is 0. The molecule has 0 amide bonds. The van der Waals surface area contributed by atoms with E-state index in [1.807, 2.05) is 104 Å². The van der Waals surface area contributed by atoms with E-state index in [0.29, 0.717) is 89.4 Å². The molecule has 30 heteroatoms. The summed E-state index contributed by atoms with van der Waals surface area (Å²) in [5, 5.41) is 50.9. The average molecular weight is 1610 g/mol. The molecule has 0 unspecified atom stereocenters. The van der Waals surface area contributed by atoms with Gasteiger partial charge in [-0.2, -0.15) is 0 Å². The highest BCUT2D eigenvalue weighted by molar-refractivity contribution is 6.11. The predicted molar refractivity (Wildman–Crippen MR) is 454 cm³/mol. The molecule has 0 radical (unpaired) electrons. The first kappa shape index (κ1) is 96.7. The molecule has 0 bridgehead atoms. The fourth-order valence-electron chi connectivity index (χ4n) is 11.1. The van der Waals surface area contributed by atoms with Crippen LogP contribution in [0, 0.1) is 0 Å². The summed E-state index contributed by atoms with van der Waals surface area (Å²) in [7, 11) is 0. The Balaban J connectivity index is 0.000000278. The highest BCUT2D eigenvalue weighted by atomic mass is 16.4. The molecule has 0 fully saturated rings. The number of nitrogens with two attached hydrogens (primary N) is 3. The molecule has 6 aliphatic heterocycles. The van der Waals surface area contributed by atoms with Crippen molar-refractivity contribution in [3.63, 3.8) is 0 Å². The summed E-state index contributed by atoms with van der Waals surface area (Å²) in [6.45, 7) is 1.14. The third kappa shape index (κ3) is 49.5. The number of carbonyl (C=O) groups is 9. The molecule has 3 aromatic carbocycles. The molecule has 15 N–H and O–H groups in total. The molecule has 117 heavy (non-hydrogen) atoms. The highest BCUT2D eigenvalue weighted by Crippen LogP contribution is 2.19. The van der Waals surface area contributed by atoms with E-state index in [1.54, 1.807) is 74.1 Å². The number of aromatic nitrogens is 6. The van der Waals surface area contributed by atoms with E-state index >= 15 is 0 Å². The van der Waals surface area contributed by atoms with E-state index in [1.165, 1.54) is 17.5 Å². The first-order valence-electron chi connectivity index (χ1n) is 39.0. The van der Waals surface area contributed by atoms with Gasteiger partial charge in [0.05, 0.1) is 25.5 Å². The highest BCUT2D eigenvalue weighted by Gasteiger charge is 2.15. The second kappa shape index (κ2) is 59.9. The number of hydrogen-bond donors (Lipinski definition) is 12. The molecule has 0 saturated carbocycles. The van der Waals surface area contributed by atoms with Crippen LogP contribution in [0.4, 0.5) is 5.69 Å². The summed E-state index contributed by atoms with van der Waals surface area (Å²) in [5.41, 5.74) is 29.1. The Hall–Kier alpha value is -12.7. The summed E-state index contributed by atoms with van der Waals surface area (Å²) in [4.78, 5) is 142. The molecular formula is C87H111N15O15. The van der Waals surface area contributed by atoms with Crippen LogP contribution in [0.3, 0.4) is 0 Å². The first-order valence-corrected chi connectivity index (χ1v) is 39.0. The number of hydrogen-bond acceptors (Lipinski definition) is 22. The summed E-state index contributed by atoms with van der Waals surface area (Å²) < 4.78 is 0. The van der Waals surface area contributed by atoms with Gasteiger partial charge in [-0.15, -0.1) is 0 Å². The van der Waals surface area contributed by atoms with Crippen LogP contribution in [0.15, 0.2) is 213 Å². The number of carbonyl (C=O) groups excluding carboxylic acids is 4. The monoisotopic (exact) mass is 1610 g/mol. The van der Waals surface area contributed by atoms with Crippen LogP contribution in [0.5, 0.6) is 5.75 Å². The number of H-pyrrole nitrogens is 3. The number of rotatable bonds is 39. The number of carboxylic acids is 5. The number of Topliss-reactive ketones (excluding diaryl/α,β-unsaturated/α-hetero) is 4. The topological polar surface area (TPSA) is 513 Å². The van der Waals surface area contributed by atoms with E-state index < -0.39 is 29.8 Å². The number of aryl methyl sites for hydroxylation is 3. The van der Waals surface area contributed by atoms with E-state index in [9.17, 15) is 48.3 Å². The lowest BCUT2D eigenvalue weighted by Crippen LogP contribution is -2.08. The SMILES string of the molecule is NCCCCC(=O)CC1=NC=CC1.NCc1cccc(C(=O)CC2=NC=CC2)c1.Nc1cccc(CC(=O)CC2=NC=CC2)c1.O=C(CC1=NC=CC1)Cc1cccc(O)c1.O=C(O)CCCCC1=CN=CC1.O=C(O)CCCCCC1=CN=CC1.O=C(O)CCCc1cnc[nH]1.O=C(O)CCc1cnc[nH]1.O=C(O)CCc1ncc[nH]1. The fourth-order valence-corrected chi connectivity index (χ4v) is 11.1. The standard InChI is InChI=1S/2C13H14N2O.C13H13NO2.C10H16N2O.C10H15NO2.C9H13NO2.C7H10N2O2.2C6H8N2O2/c14-9-10-3-1-4-11(7-10)13(16)8-12-5-2-6-15-12;14-11-4-1-3-10(7-11)8-13(16)9-12-5-2-6-15-12;15-12-5-1-3-10(7-12)8-13(16)9-11-4-2-6-14-11;11-6-2-1-5-10(13)8-9-4-3-7-12-9;12-10(13)5-3-1-2-4-9-6-7-11-8-9;11-9(12)4-2-1-3-8-5-6-10-7-8;10-7(11)3-1-2-6-4-8-5-9-6;9-6(10)2-1-5-3-7-4-8-5;9-6(10)2-1-5-7-3-4-8-5/h2*1-4,6-7H,5,8-9,14H2;1-3,5-7,15H,4,8-9H2;3,7H,1-2,4-6,8,11H2;7-8H,1-6H2,(H,12,13);6-7H,1-5H2,(H,11,12);4-5H,1-3H2,(H,8,9)(H,10,11);2*3-4H,1-2H2,(H,7,8)(H,9,10). The van der Waals surface area contributed by atoms with Gasteiger partial charge in [0.15, 0.2) is 5.78 Å². The molecule has 0 atom stereocenters. The largest absolute Gasteiger partial charge is 0.508 e.